The molecule has 0 radical (unpaired) electrons. The number of imidazole rings is 1. The fourth-order valence-electron chi connectivity index (χ4n) is 3.86. The van der Waals surface area contributed by atoms with Crippen LogP contribution < -0.4 is 5.73 Å². The van der Waals surface area contributed by atoms with E-state index in [0.29, 0.717) is 11.5 Å². The standard InChI is InChI=1S/C22H24N6O/c1-14-24-21-17(13-20(23)27-22(21)25-14)19-12-16-11-15(4-5-18(16)26-19)3-2-6-28-7-9-29-10-8-28/h2-5,11-13,26H,6-10H2,1H3,(H3,23,24,25,27). The Morgan fingerprint density at radius 2 is 2.00 bits per heavy atom. The van der Waals surface area contributed by atoms with Crippen LogP contribution in [0.25, 0.3) is 39.4 Å². The molecule has 0 aliphatic carbocycles. The van der Waals surface area contributed by atoms with Gasteiger partial charge in [0, 0.05) is 41.8 Å². The number of aromatic nitrogens is 4. The van der Waals surface area contributed by atoms with E-state index >= 15 is 0 Å². The minimum atomic E-state index is 0.462. The van der Waals surface area contributed by atoms with Crippen molar-refractivity contribution in [2.45, 2.75) is 6.92 Å². The second-order valence-corrected chi connectivity index (χ2v) is 7.46. The topological polar surface area (TPSA) is 95.8 Å². The van der Waals surface area contributed by atoms with E-state index in [4.69, 9.17) is 10.5 Å². The third kappa shape index (κ3) is 3.62. The minimum Gasteiger partial charge on any atom is -0.384 e. The van der Waals surface area contributed by atoms with E-state index in [1.165, 1.54) is 5.56 Å². The van der Waals surface area contributed by atoms with Gasteiger partial charge in [0.05, 0.1) is 18.7 Å². The number of morpholine rings is 1. The quantitative estimate of drug-likeness (QED) is 0.498. The van der Waals surface area contributed by atoms with Crippen molar-refractivity contribution in [2.75, 3.05) is 38.6 Å². The van der Waals surface area contributed by atoms with Gasteiger partial charge >= 0.3 is 0 Å². The highest BCUT2D eigenvalue weighted by Crippen LogP contribution is 2.30. The summed E-state index contributed by atoms with van der Waals surface area (Å²) in [5, 5.41) is 1.16. The Balaban J connectivity index is 1.44. The number of H-pyrrole nitrogens is 2. The Hall–Kier alpha value is -3.16. The summed E-state index contributed by atoms with van der Waals surface area (Å²) in [6.07, 6.45) is 4.41. The van der Waals surface area contributed by atoms with Crippen molar-refractivity contribution < 1.29 is 4.74 Å². The molecule has 0 spiro atoms. The lowest BCUT2D eigenvalue weighted by atomic mass is 10.1. The molecule has 5 rings (SSSR count). The number of nitrogen functional groups attached to an aromatic ring is 1. The van der Waals surface area contributed by atoms with Crippen molar-refractivity contribution in [2.24, 2.45) is 0 Å². The fourth-order valence-corrected chi connectivity index (χ4v) is 3.86. The summed E-state index contributed by atoms with van der Waals surface area (Å²) in [7, 11) is 0. The van der Waals surface area contributed by atoms with E-state index < -0.39 is 0 Å². The first-order valence-corrected chi connectivity index (χ1v) is 9.88. The molecule has 1 fully saturated rings. The Bertz CT molecular complexity index is 1200. The summed E-state index contributed by atoms with van der Waals surface area (Å²) in [4.78, 5) is 17.9. The van der Waals surface area contributed by atoms with Crippen LogP contribution in [0, 0.1) is 6.92 Å². The summed E-state index contributed by atoms with van der Waals surface area (Å²) in [5.74, 6) is 1.28. The van der Waals surface area contributed by atoms with Gasteiger partial charge in [-0.25, -0.2) is 9.97 Å². The largest absolute Gasteiger partial charge is 0.384 e. The normalized spacial score (nSPS) is 15.8. The smallest absolute Gasteiger partial charge is 0.180 e. The Kier molecular flexibility index (Phi) is 4.54. The summed E-state index contributed by atoms with van der Waals surface area (Å²) >= 11 is 0. The number of rotatable bonds is 4. The van der Waals surface area contributed by atoms with Gasteiger partial charge in [0.15, 0.2) is 5.65 Å². The molecule has 1 aliphatic rings. The van der Waals surface area contributed by atoms with Gasteiger partial charge in [-0.05, 0) is 36.8 Å². The van der Waals surface area contributed by atoms with Gasteiger partial charge in [0.2, 0.25) is 0 Å². The second kappa shape index (κ2) is 7.35. The highest BCUT2D eigenvalue weighted by atomic mass is 16.5. The van der Waals surface area contributed by atoms with Crippen molar-refractivity contribution in [1.82, 2.24) is 24.8 Å². The molecule has 1 aliphatic heterocycles. The van der Waals surface area contributed by atoms with E-state index in [1.807, 2.05) is 13.0 Å². The van der Waals surface area contributed by atoms with Gasteiger partial charge in [0.25, 0.3) is 0 Å². The van der Waals surface area contributed by atoms with Gasteiger partial charge in [-0.15, -0.1) is 0 Å². The van der Waals surface area contributed by atoms with Crippen LogP contribution in [0.15, 0.2) is 36.4 Å². The summed E-state index contributed by atoms with van der Waals surface area (Å²) < 4.78 is 5.40. The number of aryl methyl sites for hydroxylation is 1. The van der Waals surface area contributed by atoms with Crippen molar-refractivity contribution in [3.8, 4) is 11.3 Å². The zero-order valence-electron chi connectivity index (χ0n) is 16.4. The molecule has 29 heavy (non-hydrogen) atoms. The highest BCUT2D eigenvalue weighted by molar-refractivity contribution is 5.95. The van der Waals surface area contributed by atoms with Crippen LogP contribution in [0.4, 0.5) is 5.82 Å². The number of hydrogen-bond acceptors (Lipinski definition) is 5. The molecule has 4 N–H and O–H groups in total. The first kappa shape index (κ1) is 17.9. The molecule has 0 bridgehead atoms. The van der Waals surface area contributed by atoms with Gasteiger partial charge in [-0.3, -0.25) is 4.90 Å². The van der Waals surface area contributed by atoms with Crippen molar-refractivity contribution in [1.29, 1.82) is 0 Å². The molecular formula is C22H24N6O. The van der Waals surface area contributed by atoms with E-state index in [9.17, 15) is 0 Å². The first-order chi connectivity index (χ1) is 14.2. The van der Waals surface area contributed by atoms with Gasteiger partial charge in [-0.1, -0.05) is 18.2 Å². The third-order valence-corrected chi connectivity index (χ3v) is 5.31. The molecule has 4 aromatic rings. The number of nitrogens with zero attached hydrogens (tertiary/aromatic N) is 3. The molecule has 3 aromatic heterocycles. The number of aromatic amines is 2. The second-order valence-electron chi connectivity index (χ2n) is 7.46. The van der Waals surface area contributed by atoms with Gasteiger partial charge < -0.3 is 20.4 Å². The number of benzene rings is 1. The first-order valence-electron chi connectivity index (χ1n) is 9.88. The average Bonchev–Trinajstić information content (AvgIpc) is 3.30. The Morgan fingerprint density at radius 1 is 1.14 bits per heavy atom. The Labute approximate surface area is 168 Å². The number of anilines is 1. The van der Waals surface area contributed by atoms with Crippen LogP contribution in [0.5, 0.6) is 0 Å². The van der Waals surface area contributed by atoms with Crippen molar-refractivity contribution in [3.63, 3.8) is 0 Å². The van der Waals surface area contributed by atoms with E-state index in [0.717, 1.165) is 66.3 Å². The molecule has 4 heterocycles. The van der Waals surface area contributed by atoms with Crippen LogP contribution >= 0.6 is 0 Å². The fraction of sp³-hybridized carbons (Fsp3) is 0.273. The van der Waals surface area contributed by atoms with E-state index in [-0.39, 0.29) is 0 Å². The summed E-state index contributed by atoms with van der Waals surface area (Å²) in [5.41, 5.74) is 11.8. The molecule has 7 heteroatoms. The molecular weight excluding hydrogens is 364 g/mol. The van der Waals surface area contributed by atoms with Crippen LogP contribution in [-0.4, -0.2) is 57.7 Å². The number of nitrogens with one attached hydrogen (secondary N) is 2. The van der Waals surface area contributed by atoms with Crippen LogP contribution in [-0.2, 0) is 4.74 Å². The third-order valence-electron chi connectivity index (χ3n) is 5.31. The van der Waals surface area contributed by atoms with Crippen LogP contribution in [0.2, 0.25) is 0 Å². The van der Waals surface area contributed by atoms with E-state index in [2.05, 4.69) is 61.3 Å². The molecule has 148 valence electrons. The van der Waals surface area contributed by atoms with Gasteiger partial charge in [0.1, 0.15) is 11.6 Å². The maximum atomic E-state index is 6.01. The van der Waals surface area contributed by atoms with Crippen molar-refractivity contribution in [3.05, 3.63) is 47.8 Å². The maximum absolute atomic E-state index is 6.01. The molecule has 0 unspecified atom stereocenters. The molecule has 1 aromatic carbocycles. The van der Waals surface area contributed by atoms with Gasteiger partial charge in [-0.2, -0.15) is 0 Å². The lowest BCUT2D eigenvalue weighted by molar-refractivity contribution is 0.0435. The zero-order chi connectivity index (χ0) is 19.8. The number of ether oxygens (including phenoxy) is 1. The van der Waals surface area contributed by atoms with Crippen LogP contribution in [0.3, 0.4) is 0 Å². The molecule has 0 atom stereocenters. The lowest BCUT2D eigenvalue weighted by Crippen LogP contribution is -2.36. The highest BCUT2D eigenvalue weighted by Gasteiger charge is 2.13. The zero-order valence-corrected chi connectivity index (χ0v) is 16.4. The predicted octanol–water partition coefficient (Wildman–Crippen LogP) is 3.34. The SMILES string of the molecule is Cc1nc2nc(N)cc(-c3cc4cc(C=CCN5CCOCC5)ccc4[nH]3)c2[nH]1. The predicted molar refractivity (Wildman–Crippen MR) is 117 cm³/mol. The Morgan fingerprint density at radius 3 is 2.86 bits per heavy atom. The van der Waals surface area contributed by atoms with Crippen molar-refractivity contribution >= 4 is 34.0 Å². The average molecular weight is 388 g/mol. The summed E-state index contributed by atoms with van der Waals surface area (Å²) in [6, 6.07) is 10.5. The monoisotopic (exact) mass is 388 g/mol. The van der Waals surface area contributed by atoms with Crippen LogP contribution in [0.1, 0.15) is 11.4 Å². The number of pyridine rings is 1. The number of fused-ring (bicyclic) bond motifs is 2. The molecule has 0 amide bonds. The number of nitrogens with two attached hydrogens (primary N) is 1. The summed E-state index contributed by atoms with van der Waals surface area (Å²) in [6.45, 7) is 6.53. The molecule has 0 saturated carbocycles. The minimum absolute atomic E-state index is 0.462. The molecule has 1 saturated heterocycles. The number of hydrogen-bond donors (Lipinski definition) is 3. The maximum Gasteiger partial charge on any atom is 0.180 e. The lowest BCUT2D eigenvalue weighted by Gasteiger charge is -2.25. The van der Waals surface area contributed by atoms with E-state index in [1.54, 1.807) is 0 Å². The molecule has 7 nitrogen and oxygen atoms in total.